The van der Waals surface area contributed by atoms with Gasteiger partial charge in [0, 0.05) is 18.7 Å². The molecule has 0 bridgehead atoms. The molecule has 0 aliphatic heterocycles. The summed E-state index contributed by atoms with van der Waals surface area (Å²) in [4.78, 5) is 10.1. The summed E-state index contributed by atoms with van der Waals surface area (Å²) in [6.07, 6.45) is 1.54. The van der Waals surface area contributed by atoms with Crippen molar-refractivity contribution in [2.75, 3.05) is 6.61 Å². The Morgan fingerprint density at radius 1 is 1.24 bits per heavy atom. The Morgan fingerprint density at radius 2 is 1.92 bits per heavy atom. The number of nitrogens with zero attached hydrogens (tertiary/aromatic N) is 2. The topological polar surface area (TPSA) is 88.8 Å². The van der Waals surface area contributed by atoms with Gasteiger partial charge in [-0.1, -0.05) is 12.1 Å². The van der Waals surface area contributed by atoms with Crippen molar-refractivity contribution >= 4 is 29.2 Å². The molecule has 0 saturated carbocycles. The van der Waals surface area contributed by atoms with Gasteiger partial charge in [0.05, 0.1) is 17.7 Å². The maximum absolute atomic E-state index is 10.6. The number of hydrazone groups is 1. The normalized spacial score (nSPS) is 10.4. The number of hydrogen-bond donors (Lipinski definition) is 2. The van der Waals surface area contributed by atoms with E-state index in [0.29, 0.717) is 18.3 Å². The van der Waals surface area contributed by atoms with Crippen molar-refractivity contribution in [2.24, 2.45) is 5.10 Å². The van der Waals surface area contributed by atoms with E-state index in [1.165, 1.54) is 18.3 Å². The molecule has 8 heteroatoms. The van der Waals surface area contributed by atoms with Gasteiger partial charge < -0.3 is 10.1 Å². The Labute approximate surface area is 150 Å². The van der Waals surface area contributed by atoms with Crippen LogP contribution in [-0.4, -0.2) is 22.9 Å². The van der Waals surface area contributed by atoms with Crippen molar-refractivity contribution in [1.82, 2.24) is 10.7 Å². The summed E-state index contributed by atoms with van der Waals surface area (Å²) in [5, 5.41) is 18.0. The van der Waals surface area contributed by atoms with Crippen LogP contribution in [0.5, 0.6) is 5.75 Å². The first-order chi connectivity index (χ1) is 12.1. The summed E-state index contributed by atoms with van der Waals surface area (Å²) in [6.45, 7) is 3.14. The molecule has 25 heavy (non-hydrogen) atoms. The van der Waals surface area contributed by atoms with Gasteiger partial charge in [0.1, 0.15) is 5.75 Å². The third-order valence-electron chi connectivity index (χ3n) is 3.17. The maximum atomic E-state index is 10.6. The van der Waals surface area contributed by atoms with Crippen LogP contribution in [0.25, 0.3) is 0 Å². The van der Waals surface area contributed by atoms with Crippen molar-refractivity contribution in [3.8, 4) is 5.75 Å². The van der Waals surface area contributed by atoms with Crippen molar-refractivity contribution < 1.29 is 9.66 Å². The molecule has 0 saturated heterocycles. The number of nitro benzene ring substituents is 1. The van der Waals surface area contributed by atoms with E-state index in [4.69, 9.17) is 17.0 Å². The molecule has 2 N–H and O–H groups in total. The summed E-state index contributed by atoms with van der Waals surface area (Å²) in [7, 11) is 0. The van der Waals surface area contributed by atoms with Gasteiger partial charge >= 0.3 is 0 Å². The van der Waals surface area contributed by atoms with Gasteiger partial charge in [0.15, 0.2) is 5.11 Å². The van der Waals surface area contributed by atoms with E-state index >= 15 is 0 Å². The Balaban J connectivity index is 1.77. The maximum Gasteiger partial charge on any atom is 0.269 e. The SMILES string of the molecule is CCOc1ccc(CNC(=S)N/N=C\c2ccc([N+](=O)[O-])cc2)cc1. The van der Waals surface area contributed by atoms with Crippen molar-refractivity contribution in [3.63, 3.8) is 0 Å². The molecule has 0 radical (unpaired) electrons. The van der Waals surface area contributed by atoms with E-state index in [9.17, 15) is 10.1 Å². The number of benzene rings is 2. The van der Waals surface area contributed by atoms with Crippen LogP contribution in [0.1, 0.15) is 18.1 Å². The Hall–Kier alpha value is -3.00. The molecule has 0 aromatic heterocycles. The van der Waals surface area contributed by atoms with Crippen molar-refractivity contribution in [3.05, 3.63) is 69.8 Å². The standard InChI is InChI=1S/C17H18N4O3S/c1-2-24-16-9-5-13(6-10-16)11-18-17(25)20-19-12-14-3-7-15(8-4-14)21(22)23/h3-10,12H,2,11H2,1H3,(H2,18,20,25)/b19-12-. The molecular weight excluding hydrogens is 340 g/mol. The second-order valence-corrected chi connectivity index (χ2v) is 5.39. The third kappa shape index (κ3) is 6.19. The summed E-state index contributed by atoms with van der Waals surface area (Å²) in [5.74, 6) is 0.833. The first-order valence-electron chi connectivity index (χ1n) is 7.61. The number of thiocarbonyl (C=S) groups is 1. The average molecular weight is 358 g/mol. The fraction of sp³-hybridized carbons (Fsp3) is 0.176. The van der Waals surface area contributed by atoms with Gasteiger partial charge in [0.2, 0.25) is 0 Å². The van der Waals surface area contributed by atoms with Crippen LogP contribution >= 0.6 is 12.2 Å². The van der Waals surface area contributed by atoms with E-state index in [0.717, 1.165) is 16.9 Å². The molecule has 0 amide bonds. The van der Waals surface area contributed by atoms with Crippen molar-refractivity contribution in [2.45, 2.75) is 13.5 Å². The number of nitro groups is 1. The number of ether oxygens (including phenoxy) is 1. The number of rotatable bonds is 7. The van der Waals surface area contributed by atoms with E-state index in [1.807, 2.05) is 31.2 Å². The van der Waals surface area contributed by atoms with Gasteiger partial charge in [0.25, 0.3) is 5.69 Å². The lowest BCUT2D eigenvalue weighted by molar-refractivity contribution is -0.384. The Kier molecular flexibility index (Phi) is 6.85. The van der Waals surface area contributed by atoms with E-state index < -0.39 is 4.92 Å². The summed E-state index contributed by atoms with van der Waals surface area (Å²) < 4.78 is 5.39. The zero-order chi connectivity index (χ0) is 18.1. The van der Waals surface area contributed by atoms with Gasteiger partial charge in [-0.05, 0) is 54.5 Å². The summed E-state index contributed by atoms with van der Waals surface area (Å²) >= 11 is 5.14. The molecule has 0 aliphatic rings. The molecule has 7 nitrogen and oxygen atoms in total. The quantitative estimate of drug-likeness (QED) is 0.342. The predicted molar refractivity (Wildman–Crippen MR) is 101 cm³/mol. The van der Waals surface area contributed by atoms with Crippen LogP contribution in [-0.2, 0) is 6.54 Å². The molecule has 0 atom stereocenters. The Bertz CT molecular complexity index is 745. The highest BCUT2D eigenvalue weighted by Gasteiger charge is 2.02. The molecule has 2 rings (SSSR count). The second-order valence-electron chi connectivity index (χ2n) is 4.98. The number of hydrogen-bond acceptors (Lipinski definition) is 5. The second kappa shape index (κ2) is 9.33. The van der Waals surface area contributed by atoms with Gasteiger partial charge in [-0.3, -0.25) is 15.5 Å². The van der Waals surface area contributed by atoms with E-state index in [2.05, 4.69) is 15.8 Å². The third-order valence-corrected chi connectivity index (χ3v) is 3.41. The lowest BCUT2D eigenvalue weighted by Crippen LogP contribution is -2.31. The van der Waals surface area contributed by atoms with Crippen LogP contribution in [0.3, 0.4) is 0 Å². The zero-order valence-corrected chi connectivity index (χ0v) is 14.5. The zero-order valence-electron chi connectivity index (χ0n) is 13.6. The predicted octanol–water partition coefficient (Wildman–Crippen LogP) is 2.99. The highest BCUT2D eigenvalue weighted by molar-refractivity contribution is 7.80. The molecule has 0 unspecified atom stereocenters. The average Bonchev–Trinajstić information content (AvgIpc) is 2.62. The van der Waals surface area contributed by atoms with E-state index in [-0.39, 0.29) is 5.69 Å². The van der Waals surface area contributed by atoms with Crippen LogP contribution in [0.2, 0.25) is 0 Å². The Morgan fingerprint density at radius 3 is 2.52 bits per heavy atom. The fourth-order valence-electron chi connectivity index (χ4n) is 1.94. The molecule has 2 aromatic carbocycles. The minimum absolute atomic E-state index is 0.0395. The summed E-state index contributed by atoms with van der Waals surface area (Å²) in [5.41, 5.74) is 4.53. The van der Waals surface area contributed by atoms with Gasteiger partial charge in [-0.25, -0.2) is 0 Å². The van der Waals surface area contributed by atoms with Crippen LogP contribution < -0.4 is 15.5 Å². The lowest BCUT2D eigenvalue weighted by Gasteiger charge is -2.08. The van der Waals surface area contributed by atoms with Crippen LogP contribution in [0.15, 0.2) is 53.6 Å². The van der Waals surface area contributed by atoms with Crippen LogP contribution in [0, 0.1) is 10.1 Å². The highest BCUT2D eigenvalue weighted by atomic mass is 32.1. The number of non-ortho nitro benzene ring substituents is 1. The molecule has 130 valence electrons. The van der Waals surface area contributed by atoms with Crippen LogP contribution in [0.4, 0.5) is 5.69 Å². The highest BCUT2D eigenvalue weighted by Crippen LogP contribution is 2.12. The first kappa shape index (κ1) is 18.3. The van der Waals surface area contributed by atoms with Gasteiger partial charge in [-0.2, -0.15) is 5.10 Å². The lowest BCUT2D eigenvalue weighted by atomic mass is 10.2. The fourth-order valence-corrected chi connectivity index (χ4v) is 2.06. The monoisotopic (exact) mass is 358 g/mol. The van der Waals surface area contributed by atoms with Gasteiger partial charge in [-0.15, -0.1) is 0 Å². The molecule has 0 heterocycles. The molecule has 0 spiro atoms. The molecule has 0 aliphatic carbocycles. The molecule has 0 fully saturated rings. The smallest absolute Gasteiger partial charge is 0.269 e. The largest absolute Gasteiger partial charge is 0.494 e. The summed E-state index contributed by atoms with van der Waals surface area (Å²) in [6, 6.07) is 13.8. The molecule has 2 aromatic rings. The van der Waals surface area contributed by atoms with E-state index in [1.54, 1.807) is 12.1 Å². The minimum atomic E-state index is -0.445. The minimum Gasteiger partial charge on any atom is -0.494 e. The van der Waals surface area contributed by atoms with Crippen molar-refractivity contribution in [1.29, 1.82) is 0 Å². The molecular formula is C17H18N4O3S. The first-order valence-corrected chi connectivity index (χ1v) is 8.02. The number of nitrogens with one attached hydrogen (secondary N) is 2.